The maximum absolute atomic E-state index is 12.5. The molecule has 10 heteroatoms. The van der Waals surface area contributed by atoms with Crippen molar-refractivity contribution < 1.29 is 9.53 Å². The molecule has 2 aliphatic heterocycles. The van der Waals surface area contributed by atoms with Gasteiger partial charge in [-0.05, 0) is 25.8 Å². The van der Waals surface area contributed by atoms with Crippen LogP contribution in [0.2, 0.25) is 0 Å². The highest BCUT2D eigenvalue weighted by Crippen LogP contribution is 2.31. The van der Waals surface area contributed by atoms with Gasteiger partial charge in [0.05, 0.1) is 19.2 Å². The molecule has 168 valence electrons. The Labute approximate surface area is 199 Å². The zero-order valence-electron chi connectivity index (χ0n) is 18.0. The highest BCUT2D eigenvalue weighted by atomic mass is 127. The van der Waals surface area contributed by atoms with Crippen LogP contribution in [0, 0.1) is 6.92 Å². The number of nitrogens with zero attached hydrogens (tertiary/aromatic N) is 5. The summed E-state index contributed by atoms with van der Waals surface area (Å²) in [5.74, 6) is 3.18. The van der Waals surface area contributed by atoms with Crippen LogP contribution in [0.25, 0.3) is 0 Å². The number of ether oxygens (including phenoxy) is 1. The zero-order chi connectivity index (χ0) is 20.9. The molecule has 1 amide bonds. The van der Waals surface area contributed by atoms with Gasteiger partial charge in [-0.2, -0.15) is 0 Å². The van der Waals surface area contributed by atoms with Crippen molar-refractivity contribution in [3.63, 3.8) is 0 Å². The molecule has 0 saturated carbocycles. The second-order valence-electron chi connectivity index (χ2n) is 7.70. The molecule has 9 nitrogen and oxygen atoms in total. The molecule has 4 rings (SSSR count). The predicted molar refractivity (Wildman–Crippen MR) is 129 cm³/mol. The molecule has 31 heavy (non-hydrogen) atoms. The summed E-state index contributed by atoms with van der Waals surface area (Å²) in [4.78, 5) is 19.1. The third-order valence-corrected chi connectivity index (χ3v) is 5.70. The summed E-state index contributed by atoms with van der Waals surface area (Å²) in [6, 6.07) is 8.08. The molecule has 2 aliphatic rings. The number of aryl methyl sites for hydroxylation is 1. The third kappa shape index (κ3) is 5.66. The number of hydrogen-bond donors (Lipinski definition) is 2. The van der Waals surface area contributed by atoms with E-state index in [4.69, 9.17) is 9.73 Å². The number of para-hydroxylation sites is 1. The second-order valence-corrected chi connectivity index (χ2v) is 7.70. The van der Waals surface area contributed by atoms with E-state index in [1.165, 1.54) is 0 Å². The number of carbonyl (C=O) groups excluding carboxylic acids is 1. The predicted octanol–water partition coefficient (Wildman–Crippen LogP) is 1.92. The monoisotopic (exact) mass is 539 g/mol. The van der Waals surface area contributed by atoms with Crippen molar-refractivity contribution in [1.29, 1.82) is 0 Å². The number of halogens is 1. The number of rotatable bonds is 5. The Morgan fingerprint density at radius 2 is 2.03 bits per heavy atom. The minimum absolute atomic E-state index is 0. The van der Waals surface area contributed by atoms with E-state index in [1.54, 1.807) is 0 Å². The first kappa shape index (κ1) is 23.3. The van der Waals surface area contributed by atoms with E-state index in [0.717, 1.165) is 55.3 Å². The lowest BCUT2D eigenvalue weighted by atomic mass is 10.0. The van der Waals surface area contributed by atoms with Crippen LogP contribution in [0.1, 0.15) is 42.5 Å². The number of carbonyl (C=O) groups is 1. The number of likely N-dealkylation sites (tertiary alicyclic amines) is 1. The van der Waals surface area contributed by atoms with Crippen LogP contribution in [0.5, 0.6) is 5.75 Å². The molecule has 2 N–H and O–H groups in total. The van der Waals surface area contributed by atoms with Crippen molar-refractivity contribution in [3.05, 3.63) is 41.5 Å². The second kappa shape index (κ2) is 10.8. The van der Waals surface area contributed by atoms with Crippen LogP contribution in [-0.2, 0) is 18.4 Å². The maximum Gasteiger partial charge on any atom is 0.241 e. The molecular weight excluding hydrogens is 509 g/mol. The third-order valence-electron chi connectivity index (χ3n) is 5.70. The van der Waals surface area contributed by atoms with Gasteiger partial charge >= 0.3 is 0 Å². The first-order valence-corrected chi connectivity index (χ1v) is 10.5. The lowest BCUT2D eigenvalue weighted by Gasteiger charge is -2.28. The zero-order valence-corrected chi connectivity index (χ0v) is 20.3. The summed E-state index contributed by atoms with van der Waals surface area (Å²) >= 11 is 0. The van der Waals surface area contributed by atoms with E-state index < -0.39 is 0 Å². The standard InChI is InChI=1S/C21H29N7O2.HI/c1-15-25-26-19(27(15)2)13-22-21(23-14-20(29)28-10-5-6-11-28)24-17-9-12-30-18-8-4-3-7-16(17)18;/h3-4,7-8,17H,5-6,9-14H2,1-2H3,(H2,22,23,24);1H. The molecule has 0 bridgehead atoms. The average molecular weight is 539 g/mol. The van der Waals surface area contributed by atoms with E-state index in [9.17, 15) is 4.79 Å². The highest BCUT2D eigenvalue weighted by molar-refractivity contribution is 14.0. The summed E-state index contributed by atoms with van der Waals surface area (Å²) < 4.78 is 7.68. The van der Waals surface area contributed by atoms with Gasteiger partial charge < -0.3 is 24.8 Å². The number of hydrogen-bond acceptors (Lipinski definition) is 5. The van der Waals surface area contributed by atoms with Crippen LogP contribution in [0.4, 0.5) is 0 Å². The van der Waals surface area contributed by atoms with E-state index in [-0.39, 0.29) is 42.5 Å². The summed E-state index contributed by atoms with van der Waals surface area (Å²) in [7, 11) is 1.92. The van der Waals surface area contributed by atoms with E-state index in [0.29, 0.717) is 19.1 Å². The molecule has 1 aromatic heterocycles. The number of aromatic nitrogens is 3. The number of aliphatic imine (C=N–C) groups is 1. The molecule has 1 fully saturated rings. The molecule has 1 atom stereocenters. The smallest absolute Gasteiger partial charge is 0.241 e. The molecule has 1 aromatic carbocycles. The molecule has 1 saturated heterocycles. The molecule has 2 aromatic rings. The molecule has 1 unspecified atom stereocenters. The van der Waals surface area contributed by atoms with Crippen LogP contribution < -0.4 is 15.4 Å². The van der Waals surface area contributed by atoms with Crippen molar-refractivity contribution >= 4 is 35.8 Å². The summed E-state index contributed by atoms with van der Waals surface area (Å²) in [6.45, 7) is 4.81. The number of fused-ring (bicyclic) bond motifs is 1. The molecule has 0 spiro atoms. The van der Waals surface area contributed by atoms with Crippen LogP contribution >= 0.6 is 24.0 Å². The maximum atomic E-state index is 12.5. The Hall–Kier alpha value is -2.37. The Morgan fingerprint density at radius 3 is 2.77 bits per heavy atom. The van der Waals surface area contributed by atoms with E-state index in [1.807, 2.05) is 41.6 Å². The molecule has 3 heterocycles. The van der Waals surface area contributed by atoms with Gasteiger partial charge in [-0.15, -0.1) is 34.2 Å². The Balaban J connectivity index is 0.00000272. The summed E-state index contributed by atoms with van der Waals surface area (Å²) in [6.07, 6.45) is 2.98. The normalized spacial score (nSPS) is 18.1. The SMILES string of the molecule is Cc1nnc(CN=C(NCC(=O)N2CCCC2)NC2CCOc3ccccc32)n1C.I. The Kier molecular flexibility index (Phi) is 8.10. The van der Waals surface area contributed by atoms with Crippen molar-refractivity contribution in [3.8, 4) is 5.75 Å². The van der Waals surface area contributed by atoms with Crippen molar-refractivity contribution in [2.45, 2.75) is 38.8 Å². The Bertz CT molecular complexity index is 924. The summed E-state index contributed by atoms with van der Waals surface area (Å²) in [5, 5.41) is 15.0. The van der Waals surface area contributed by atoms with Gasteiger partial charge in [-0.1, -0.05) is 18.2 Å². The quantitative estimate of drug-likeness (QED) is 0.343. The number of nitrogens with one attached hydrogen (secondary N) is 2. The van der Waals surface area contributed by atoms with Gasteiger partial charge in [0.25, 0.3) is 0 Å². The minimum Gasteiger partial charge on any atom is -0.493 e. The largest absolute Gasteiger partial charge is 0.493 e. The first-order valence-electron chi connectivity index (χ1n) is 10.5. The lowest BCUT2D eigenvalue weighted by Crippen LogP contribution is -2.45. The van der Waals surface area contributed by atoms with Gasteiger partial charge in [-0.3, -0.25) is 4.79 Å². The first-order chi connectivity index (χ1) is 14.6. The molecule has 0 aliphatic carbocycles. The van der Waals surface area contributed by atoms with Crippen molar-refractivity contribution in [1.82, 2.24) is 30.3 Å². The molecule has 0 radical (unpaired) electrons. The Morgan fingerprint density at radius 1 is 1.26 bits per heavy atom. The van der Waals surface area contributed by atoms with Gasteiger partial charge in [0.15, 0.2) is 11.8 Å². The van der Waals surface area contributed by atoms with Crippen LogP contribution in [0.3, 0.4) is 0 Å². The van der Waals surface area contributed by atoms with Crippen molar-refractivity contribution in [2.75, 3.05) is 26.2 Å². The highest BCUT2D eigenvalue weighted by Gasteiger charge is 2.23. The fourth-order valence-corrected chi connectivity index (χ4v) is 3.79. The fraction of sp³-hybridized carbons (Fsp3) is 0.524. The van der Waals surface area contributed by atoms with Crippen molar-refractivity contribution in [2.24, 2.45) is 12.0 Å². The number of amides is 1. The fourth-order valence-electron chi connectivity index (χ4n) is 3.79. The van der Waals surface area contributed by atoms with E-state index >= 15 is 0 Å². The summed E-state index contributed by atoms with van der Waals surface area (Å²) in [5.41, 5.74) is 1.10. The topological polar surface area (TPSA) is 96.7 Å². The lowest BCUT2D eigenvalue weighted by molar-refractivity contribution is -0.128. The van der Waals surface area contributed by atoms with Gasteiger partial charge in [0, 0.05) is 32.1 Å². The average Bonchev–Trinajstić information content (AvgIpc) is 3.41. The van der Waals surface area contributed by atoms with Gasteiger partial charge in [0.2, 0.25) is 5.91 Å². The number of benzene rings is 1. The minimum atomic E-state index is 0. The van der Waals surface area contributed by atoms with Gasteiger partial charge in [0.1, 0.15) is 18.1 Å². The number of guanidine groups is 1. The van der Waals surface area contributed by atoms with E-state index in [2.05, 4.69) is 26.9 Å². The van der Waals surface area contributed by atoms with Gasteiger partial charge in [-0.25, -0.2) is 4.99 Å². The van der Waals surface area contributed by atoms with Crippen LogP contribution in [0.15, 0.2) is 29.3 Å². The molecular formula is C21H30IN7O2. The van der Waals surface area contributed by atoms with Crippen LogP contribution in [-0.4, -0.2) is 57.8 Å².